The molecule has 4 heteroatoms. The number of likely N-dealkylation sites (tertiary alicyclic amines) is 1. The Kier molecular flexibility index (Phi) is 5.21. The number of anilines is 1. The third-order valence-corrected chi connectivity index (χ3v) is 4.26. The summed E-state index contributed by atoms with van der Waals surface area (Å²) >= 11 is 0. The summed E-state index contributed by atoms with van der Waals surface area (Å²) in [5, 5.41) is 3.37. The number of aromatic nitrogens is 1. The predicted molar refractivity (Wildman–Crippen MR) is 86.7 cm³/mol. The molecular formula is C17H27N3O. The van der Waals surface area contributed by atoms with Crippen molar-refractivity contribution in [2.24, 2.45) is 0 Å². The van der Waals surface area contributed by atoms with Crippen molar-refractivity contribution in [3.05, 3.63) is 23.5 Å². The first-order valence-electron chi connectivity index (χ1n) is 8.07. The summed E-state index contributed by atoms with van der Waals surface area (Å²) in [6, 6.07) is 2.59. The van der Waals surface area contributed by atoms with E-state index in [0.29, 0.717) is 17.6 Å². The molecule has 4 nitrogen and oxygen atoms in total. The Balaban J connectivity index is 2.29. The molecule has 0 aliphatic carbocycles. The molecule has 1 fully saturated rings. The standard InChI is InChI=1S/C17H27N3O/c1-5-9-18-16-10-12(2)19-11-15(16)17(21)20-13(3)7-6-8-14(20)4/h10-11,13-14H,5-9H2,1-4H3,(H,18,19)/t13-,14+. The van der Waals surface area contributed by atoms with Crippen molar-refractivity contribution in [1.82, 2.24) is 9.88 Å². The molecule has 116 valence electrons. The van der Waals surface area contributed by atoms with Gasteiger partial charge in [-0.3, -0.25) is 9.78 Å². The zero-order valence-corrected chi connectivity index (χ0v) is 13.6. The number of aryl methyl sites for hydroxylation is 1. The average Bonchev–Trinajstić information content (AvgIpc) is 2.44. The smallest absolute Gasteiger partial charge is 0.258 e. The lowest BCUT2D eigenvalue weighted by molar-refractivity contribution is 0.0511. The summed E-state index contributed by atoms with van der Waals surface area (Å²) < 4.78 is 0. The van der Waals surface area contributed by atoms with Gasteiger partial charge in [0.1, 0.15) is 0 Å². The molecule has 1 aliphatic rings. The number of pyridine rings is 1. The van der Waals surface area contributed by atoms with Crippen molar-refractivity contribution in [1.29, 1.82) is 0 Å². The number of nitrogens with one attached hydrogen (secondary N) is 1. The van der Waals surface area contributed by atoms with Crippen LogP contribution in [0.4, 0.5) is 5.69 Å². The number of carbonyl (C=O) groups excluding carboxylic acids is 1. The van der Waals surface area contributed by atoms with Crippen LogP contribution in [0, 0.1) is 6.92 Å². The van der Waals surface area contributed by atoms with Crippen molar-refractivity contribution in [3.8, 4) is 0 Å². The molecular weight excluding hydrogens is 262 g/mol. The number of hydrogen-bond acceptors (Lipinski definition) is 3. The highest BCUT2D eigenvalue weighted by atomic mass is 16.2. The summed E-state index contributed by atoms with van der Waals surface area (Å²) in [6.45, 7) is 9.24. The highest BCUT2D eigenvalue weighted by Gasteiger charge is 2.30. The Morgan fingerprint density at radius 2 is 2.05 bits per heavy atom. The molecule has 1 aromatic rings. The first-order valence-corrected chi connectivity index (χ1v) is 8.07. The zero-order valence-electron chi connectivity index (χ0n) is 13.6. The van der Waals surface area contributed by atoms with E-state index >= 15 is 0 Å². The Morgan fingerprint density at radius 1 is 1.38 bits per heavy atom. The molecule has 0 radical (unpaired) electrons. The topological polar surface area (TPSA) is 45.2 Å². The van der Waals surface area contributed by atoms with E-state index in [1.807, 2.05) is 17.9 Å². The van der Waals surface area contributed by atoms with Crippen LogP contribution in [0.1, 0.15) is 62.5 Å². The highest BCUT2D eigenvalue weighted by molar-refractivity contribution is 5.99. The SMILES string of the molecule is CCCNc1cc(C)ncc1C(=O)N1[C@H](C)CCC[C@@H]1C. The number of rotatable bonds is 4. The number of hydrogen-bond donors (Lipinski definition) is 1. The first-order chi connectivity index (χ1) is 10.0. The molecule has 2 heterocycles. The van der Waals surface area contributed by atoms with Crippen LogP contribution in [-0.2, 0) is 0 Å². The molecule has 0 saturated carbocycles. The minimum absolute atomic E-state index is 0.112. The number of nitrogens with zero attached hydrogens (tertiary/aromatic N) is 2. The molecule has 21 heavy (non-hydrogen) atoms. The molecule has 0 unspecified atom stereocenters. The fourth-order valence-electron chi connectivity index (χ4n) is 3.10. The Hall–Kier alpha value is -1.58. The van der Waals surface area contributed by atoms with Crippen molar-refractivity contribution >= 4 is 11.6 Å². The van der Waals surface area contributed by atoms with Crippen molar-refractivity contribution < 1.29 is 4.79 Å². The van der Waals surface area contributed by atoms with E-state index in [4.69, 9.17) is 0 Å². The van der Waals surface area contributed by atoms with Crippen molar-refractivity contribution in [2.75, 3.05) is 11.9 Å². The van der Waals surface area contributed by atoms with Gasteiger partial charge in [0.05, 0.1) is 11.3 Å². The lowest BCUT2D eigenvalue weighted by atomic mass is 9.96. The Labute approximate surface area is 127 Å². The molecule has 1 aromatic heterocycles. The third-order valence-electron chi connectivity index (χ3n) is 4.26. The Morgan fingerprint density at radius 3 is 2.67 bits per heavy atom. The molecule has 0 spiro atoms. The molecule has 0 aromatic carbocycles. The van der Waals surface area contributed by atoms with Crippen LogP contribution >= 0.6 is 0 Å². The fourth-order valence-corrected chi connectivity index (χ4v) is 3.10. The molecule has 1 amide bonds. The number of amides is 1. The van der Waals surface area contributed by atoms with E-state index < -0.39 is 0 Å². The van der Waals surface area contributed by atoms with Gasteiger partial charge in [0, 0.05) is 30.5 Å². The van der Waals surface area contributed by atoms with Gasteiger partial charge in [0.25, 0.3) is 5.91 Å². The van der Waals surface area contributed by atoms with Crippen LogP contribution < -0.4 is 5.32 Å². The van der Waals surface area contributed by atoms with Crippen LogP contribution in [0.2, 0.25) is 0 Å². The van der Waals surface area contributed by atoms with Gasteiger partial charge in [-0.25, -0.2) is 0 Å². The number of carbonyl (C=O) groups is 1. The maximum Gasteiger partial charge on any atom is 0.258 e. The van der Waals surface area contributed by atoms with Gasteiger partial charge in [-0.15, -0.1) is 0 Å². The van der Waals surface area contributed by atoms with Gasteiger partial charge in [0.2, 0.25) is 0 Å². The molecule has 0 bridgehead atoms. The largest absolute Gasteiger partial charge is 0.384 e. The van der Waals surface area contributed by atoms with E-state index in [0.717, 1.165) is 37.2 Å². The van der Waals surface area contributed by atoms with Gasteiger partial charge in [-0.05, 0) is 52.5 Å². The predicted octanol–water partition coefficient (Wildman–Crippen LogP) is 3.62. The second kappa shape index (κ2) is 6.92. The summed E-state index contributed by atoms with van der Waals surface area (Å²) in [5.41, 5.74) is 2.55. The molecule has 1 N–H and O–H groups in total. The average molecular weight is 289 g/mol. The summed E-state index contributed by atoms with van der Waals surface area (Å²) in [4.78, 5) is 19.3. The molecule has 1 aliphatic heterocycles. The second-order valence-electron chi connectivity index (χ2n) is 6.14. The van der Waals surface area contributed by atoms with Crippen LogP contribution in [-0.4, -0.2) is 34.4 Å². The van der Waals surface area contributed by atoms with Gasteiger partial charge in [-0.1, -0.05) is 6.92 Å². The maximum atomic E-state index is 13.0. The lowest BCUT2D eigenvalue weighted by Crippen LogP contribution is -2.47. The van der Waals surface area contributed by atoms with E-state index in [1.165, 1.54) is 6.42 Å². The summed E-state index contributed by atoms with van der Waals surface area (Å²) in [6.07, 6.45) is 6.15. The fraction of sp³-hybridized carbons (Fsp3) is 0.647. The van der Waals surface area contributed by atoms with E-state index in [1.54, 1.807) is 6.20 Å². The maximum absolute atomic E-state index is 13.0. The monoisotopic (exact) mass is 289 g/mol. The minimum Gasteiger partial charge on any atom is -0.384 e. The van der Waals surface area contributed by atoms with Gasteiger partial charge >= 0.3 is 0 Å². The molecule has 2 rings (SSSR count). The summed E-state index contributed by atoms with van der Waals surface area (Å²) in [5.74, 6) is 0.112. The Bertz CT molecular complexity index is 491. The van der Waals surface area contributed by atoms with E-state index in [9.17, 15) is 4.79 Å². The van der Waals surface area contributed by atoms with Crippen LogP contribution in [0.15, 0.2) is 12.3 Å². The third kappa shape index (κ3) is 3.55. The van der Waals surface area contributed by atoms with E-state index in [2.05, 4.69) is 31.1 Å². The minimum atomic E-state index is 0.112. The van der Waals surface area contributed by atoms with E-state index in [-0.39, 0.29) is 5.91 Å². The first kappa shape index (κ1) is 15.8. The van der Waals surface area contributed by atoms with Crippen molar-refractivity contribution in [2.45, 2.75) is 65.5 Å². The zero-order chi connectivity index (χ0) is 15.4. The molecule has 1 saturated heterocycles. The van der Waals surface area contributed by atoms with Gasteiger partial charge in [-0.2, -0.15) is 0 Å². The van der Waals surface area contributed by atoms with Crippen LogP contribution in [0.5, 0.6) is 0 Å². The van der Waals surface area contributed by atoms with Crippen LogP contribution in [0.3, 0.4) is 0 Å². The van der Waals surface area contributed by atoms with Gasteiger partial charge < -0.3 is 10.2 Å². The lowest BCUT2D eigenvalue weighted by Gasteiger charge is -2.39. The number of piperidine rings is 1. The quantitative estimate of drug-likeness (QED) is 0.921. The second-order valence-corrected chi connectivity index (χ2v) is 6.14. The molecule has 2 atom stereocenters. The highest BCUT2D eigenvalue weighted by Crippen LogP contribution is 2.27. The van der Waals surface area contributed by atoms with Crippen LogP contribution in [0.25, 0.3) is 0 Å². The van der Waals surface area contributed by atoms with Gasteiger partial charge in [0.15, 0.2) is 0 Å². The normalized spacial score (nSPS) is 22.2. The van der Waals surface area contributed by atoms with Crippen molar-refractivity contribution in [3.63, 3.8) is 0 Å². The summed E-state index contributed by atoms with van der Waals surface area (Å²) in [7, 11) is 0.